The third-order valence-electron chi connectivity index (χ3n) is 8.72. The summed E-state index contributed by atoms with van der Waals surface area (Å²) in [5.41, 5.74) is 7.15. The number of halogens is 1. The molecule has 4 unspecified atom stereocenters. The highest BCUT2D eigenvalue weighted by molar-refractivity contribution is 6.30. The summed E-state index contributed by atoms with van der Waals surface area (Å²) < 4.78 is 0. The third-order valence-corrected chi connectivity index (χ3v) is 8.95. The average molecular weight is 333 g/mol. The van der Waals surface area contributed by atoms with E-state index in [1.165, 1.54) is 43.2 Å². The first-order valence-corrected chi connectivity index (χ1v) is 10.0. The zero-order chi connectivity index (χ0) is 15.7. The summed E-state index contributed by atoms with van der Waals surface area (Å²) >= 11 is 6.50. The van der Waals surface area contributed by atoms with Crippen LogP contribution in [0.3, 0.4) is 0 Å². The molecule has 3 bridgehead atoms. The number of hydrogen-bond acceptors (Lipinski definition) is 0. The molecule has 2 aromatic carbocycles. The van der Waals surface area contributed by atoms with Gasteiger partial charge in [-0.25, -0.2) is 0 Å². The summed E-state index contributed by atoms with van der Waals surface area (Å²) in [6.45, 7) is 0. The van der Waals surface area contributed by atoms with Crippen LogP contribution in [0.25, 0.3) is 11.1 Å². The molecule has 4 atom stereocenters. The van der Waals surface area contributed by atoms with Gasteiger partial charge in [0.2, 0.25) is 0 Å². The predicted octanol–water partition coefficient (Wildman–Crippen LogP) is 6.06. The molecule has 0 aliphatic heterocycles. The monoisotopic (exact) mass is 332 g/mol. The quantitative estimate of drug-likeness (QED) is 0.550. The van der Waals surface area contributed by atoms with Crippen molar-refractivity contribution in [2.24, 2.45) is 29.1 Å². The Hall–Kier alpha value is -1.27. The lowest BCUT2D eigenvalue weighted by atomic mass is 9.38. The standard InChI is InChI=1S/C23H21Cl/c24-15-5-6-17-16-3-1-2-4-18(16)23(19(17)10-15)20-8-13-7-14-9-21(23)22(20,11-13)12-14/h1-6,10,13-14,20-21H,7-9,11-12H2. The highest BCUT2D eigenvalue weighted by Crippen LogP contribution is 2.85. The number of rotatable bonds is 0. The topological polar surface area (TPSA) is 0 Å². The van der Waals surface area contributed by atoms with Crippen molar-refractivity contribution in [3.05, 3.63) is 58.6 Å². The second kappa shape index (κ2) is 3.78. The van der Waals surface area contributed by atoms with Crippen LogP contribution in [-0.2, 0) is 5.41 Å². The van der Waals surface area contributed by atoms with E-state index in [9.17, 15) is 0 Å². The van der Waals surface area contributed by atoms with Crippen LogP contribution in [0.1, 0.15) is 43.2 Å². The molecule has 5 aliphatic rings. The van der Waals surface area contributed by atoms with Gasteiger partial charge in [0.1, 0.15) is 0 Å². The van der Waals surface area contributed by atoms with E-state index in [0.29, 0.717) is 10.8 Å². The summed E-state index contributed by atoms with van der Waals surface area (Å²) in [6.07, 6.45) is 7.51. The van der Waals surface area contributed by atoms with Crippen LogP contribution in [0.4, 0.5) is 0 Å². The largest absolute Gasteiger partial charge is 0.0843 e. The van der Waals surface area contributed by atoms with Crippen LogP contribution in [0.2, 0.25) is 5.02 Å². The maximum Gasteiger partial charge on any atom is 0.0409 e. The Bertz CT molecular complexity index is 886. The molecule has 4 saturated carbocycles. The van der Waals surface area contributed by atoms with Gasteiger partial charge >= 0.3 is 0 Å². The fourth-order valence-electron chi connectivity index (χ4n) is 8.60. The van der Waals surface area contributed by atoms with E-state index in [1.807, 2.05) is 0 Å². The molecule has 0 heterocycles. The highest BCUT2D eigenvalue weighted by Gasteiger charge is 2.79. The van der Waals surface area contributed by atoms with E-state index in [2.05, 4.69) is 42.5 Å². The van der Waals surface area contributed by atoms with Crippen molar-refractivity contribution in [2.45, 2.75) is 37.5 Å². The Kier molecular flexibility index (Phi) is 2.05. The van der Waals surface area contributed by atoms with Gasteiger partial charge in [-0.05, 0) is 95.6 Å². The SMILES string of the molecule is Clc1ccc2c(c1)C1(c3ccccc3-2)C2CC3CC4CC1C2(C3)C4. The first-order valence-electron chi connectivity index (χ1n) is 9.63. The van der Waals surface area contributed by atoms with Gasteiger partial charge in [0.25, 0.3) is 0 Å². The molecule has 0 nitrogen and oxygen atoms in total. The Labute approximate surface area is 148 Å². The maximum absolute atomic E-state index is 6.50. The van der Waals surface area contributed by atoms with Crippen molar-refractivity contribution in [2.75, 3.05) is 0 Å². The van der Waals surface area contributed by atoms with Crippen molar-refractivity contribution in [3.63, 3.8) is 0 Å². The molecule has 5 aliphatic carbocycles. The zero-order valence-electron chi connectivity index (χ0n) is 13.8. The van der Waals surface area contributed by atoms with Crippen molar-refractivity contribution in [1.82, 2.24) is 0 Å². The number of hydrogen-bond donors (Lipinski definition) is 0. The van der Waals surface area contributed by atoms with Gasteiger partial charge in [-0.2, -0.15) is 0 Å². The molecule has 24 heavy (non-hydrogen) atoms. The summed E-state index contributed by atoms with van der Waals surface area (Å²) in [4.78, 5) is 0. The van der Waals surface area contributed by atoms with Crippen molar-refractivity contribution in [1.29, 1.82) is 0 Å². The van der Waals surface area contributed by atoms with Gasteiger partial charge in [-0.1, -0.05) is 41.9 Å². The Morgan fingerprint density at radius 3 is 2.29 bits per heavy atom. The highest BCUT2D eigenvalue weighted by atomic mass is 35.5. The van der Waals surface area contributed by atoms with Gasteiger partial charge in [0.05, 0.1) is 0 Å². The van der Waals surface area contributed by atoms with Gasteiger partial charge in [-0.15, -0.1) is 0 Å². The van der Waals surface area contributed by atoms with E-state index in [4.69, 9.17) is 11.6 Å². The molecule has 0 amide bonds. The van der Waals surface area contributed by atoms with Crippen molar-refractivity contribution >= 4 is 11.6 Å². The van der Waals surface area contributed by atoms with Crippen LogP contribution in [0.5, 0.6) is 0 Å². The van der Waals surface area contributed by atoms with Gasteiger partial charge in [-0.3, -0.25) is 0 Å². The van der Waals surface area contributed by atoms with E-state index in [1.54, 1.807) is 11.1 Å². The fraction of sp³-hybridized carbons (Fsp3) is 0.478. The van der Waals surface area contributed by atoms with Crippen molar-refractivity contribution in [3.8, 4) is 11.1 Å². The zero-order valence-corrected chi connectivity index (χ0v) is 14.5. The van der Waals surface area contributed by atoms with E-state index in [-0.39, 0.29) is 0 Å². The number of fused-ring (bicyclic) bond motifs is 9. The molecule has 0 radical (unpaired) electrons. The minimum atomic E-state index is 0.292. The Morgan fingerprint density at radius 1 is 0.792 bits per heavy atom. The van der Waals surface area contributed by atoms with Crippen LogP contribution in [0.15, 0.2) is 42.5 Å². The summed E-state index contributed by atoms with van der Waals surface area (Å²) in [7, 11) is 0. The molecule has 0 saturated heterocycles. The fourth-order valence-corrected chi connectivity index (χ4v) is 8.77. The molecule has 7 rings (SSSR count). The summed E-state index contributed by atoms with van der Waals surface area (Å²) in [5.74, 6) is 3.75. The minimum Gasteiger partial charge on any atom is -0.0843 e. The third kappa shape index (κ3) is 1.12. The normalized spacial score (nSPS) is 45.2. The van der Waals surface area contributed by atoms with Gasteiger partial charge in [0.15, 0.2) is 0 Å². The molecule has 2 aromatic rings. The maximum atomic E-state index is 6.50. The summed E-state index contributed by atoms with van der Waals surface area (Å²) in [6, 6.07) is 16.0. The van der Waals surface area contributed by atoms with Crippen LogP contribution in [-0.4, -0.2) is 0 Å². The molecule has 2 spiro atoms. The predicted molar refractivity (Wildman–Crippen MR) is 97.1 cm³/mol. The van der Waals surface area contributed by atoms with E-state index >= 15 is 0 Å². The summed E-state index contributed by atoms with van der Waals surface area (Å²) in [5, 5.41) is 0.916. The molecule has 0 aromatic heterocycles. The lowest BCUT2D eigenvalue weighted by Gasteiger charge is -2.64. The first kappa shape index (κ1) is 13.0. The van der Waals surface area contributed by atoms with Crippen LogP contribution >= 0.6 is 11.6 Å². The molecule has 120 valence electrons. The van der Waals surface area contributed by atoms with Crippen LogP contribution in [0, 0.1) is 29.1 Å². The average Bonchev–Trinajstić information content (AvgIpc) is 3.10. The Balaban J connectivity index is 1.58. The van der Waals surface area contributed by atoms with Gasteiger partial charge in [0, 0.05) is 10.4 Å². The molecule has 1 heteroatoms. The second-order valence-corrected chi connectivity index (χ2v) is 9.73. The lowest BCUT2D eigenvalue weighted by Crippen LogP contribution is -2.62. The minimum absolute atomic E-state index is 0.292. The van der Waals surface area contributed by atoms with Crippen molar-refractivity contribution < 1.29 is 0 Å². The lowest BCUT2D eigenvalue weighted by molar-refractivity contribution is -0.0820. The number of benzene rings is 2. The van der Waals surface area contributed by atoms with E-state index < -0.39 is 0 Å². The van der Waals surface area contributed by atoms with Gasteiger partial charge < -0.3 is 0 Å². The molecule has 0 N–H and O–H groups in total. The molecular weight excluding hydrogens is 312 g/mol. The van der Waals surface area contributed by atoms with Crippen LogP contribution < -0.4 is 0 Å². The molecular formula is C23H21Cl. The second-order valence-electron chi connectivity index (χ2n) is 9.29. The smallest absolute Gasteiger partial charge is 0.0409 e. The molecule has 4 fully saturated rings. The first-order chi connectivity index (χ1) is 11.7. The Morgan fingerprint density at radius 2 is 1.50 bits per heavy atom. The van der Waals surface area contributed by atoms with E-state index in [0.717, 1.165) is 28.7 Å².